The first kappa shape index (κ1) is 10.4. The molecule has 0 unspecified atom stereocenters. The molecule has 0 saturated carbocycles. The van der Waals surface area contributed by atoms with Gasteiger partial charge in [0.1, 0.15) is 5.82 Å². The van der Waals surface area contributed by atoms with E-state index in [9.17, 15) is 0 Å². The first-order valence-corrected chi connectivity index (χ1v) is 5.24. The fourth-order valence-corrected chi connectivity index (χ4v) is 1.78. The third kappa shape index (κ3) is 1.82. The van der Waals surface area contributed by atoms with Crippen LogP contribution in [-0.4, -0.2) is 4.98 Å². The zero-order valence-corrected chi connectivity index (χ0v) is 9.20. The normalized spacial score (nSPS) is 10.2. The van der Waals surface area contributed by atoms with E-state index < -0.39 is 0 Å². The fraction of sp³-hybridized carbons (Fsp3) is 0.231. The number of nitrogen functional groups attached to an aromatic ring is 1. The molecule has 0 bridgehead atoms. The first-order valence-electron chi connectivity index (χ1n) is 5.24. The van der Waals surface area contributed by atoms with Crippen molar-refractivity contribution >= 4 is 16.7 Å². The highest BCUT2D eigenvalue weighted by Crippen LogP contribution is 2.22. The van der Waals surface area contributed by atoms with Crippen LogP contribution in [-0.2, 0) is 6.42 Å². The molecule has 0 atom stereocenters. The van der Waals surface area contributed by atoms with Crippen molar-refractivity contribution in [3.05, 3.63) is 35.4 Å². The quantitative estimate of drug-likeness (QED) is 0.830. The second kappa shape index (κ2) is 4.19. The molecule has 2 rings (SSSR count). The monoisotopic (exact) mass is 211 g/mol. The first-order chi connectivity index (χ1) is 7.72. The molecule has 1 aromatic carbocycles. The van der Waals surface area contributed by atoms with E-state index in [1.54, 1.807) is 0 Å². The maximum atomic E-state index is 8.61. The Morgan fingerprint density at radius 2 is 2.25 bits per heavy atom. The molecule has 0 aliphatic heterocycles. The molecule has 1 heterocycles. The zero-order chi connectivity index (χ0) is 11.5. The molecular formula is C13H13N3. The number of benzene rings is 1. The number of hydrogen-bond acceptors (Lipinski definition) is 3. The van der Waals surface area contributed by atoms with Crippen LogP contribution < -0.4 is 5.73 Å². The summed E-state index contributed by atoms with van der Waals surface area (Å²) in [5.41, 5.74) is 8.82. The molecule has 0 amide bonds. The number of nitriles is 1. The summed E-state index contributed by atoms with van der Waals surface area (Å²) in [5, 5.41) is 9.71. The molecule has 80 valence electrons. The summed E-state index contributed by atoms with van der Waals surface area (Å²) < 4.78 is 0. The van der Waals surface area contributed by atoms with Crippen LogP contribution in [0.4, 0.5) is 5.82 Å². The van der Waals surface area contributed by atoms with Gasteiger partial charge in [-0.15, -0.1) is 0 Å². The van der Waals surface area contributed by atoms with E-state index in [4.69, 9.17) is 11.0 Å². The summed E-state index contributed by atoms with van der Waals surface area (Å²) in [5.74, 6) is 0.574. The van der Waals surface area contributed by atoms with Gasteiger partial charge in [-0.25, -0.2) is 4.98 Å². The van der Waals surface area contributed by atoms with Crippen LogP contribution in [0.1, 0.15) is 17.5 Å². The van der Waals surface area contributed by atoms with E-state index in [2.05, 4.69) is 11.1 Å². The summed E-state index contributed by atoms with van der Waals surface area (Å²) in [7, 11) is 0. The Kier molecular flexibility index (Phi) is 2.74. The summed E-state index contributed by atoms with van der Waals surface area (Å²) in [6.07, 6.45) is 1.29. The van der Waals surface area contributed by atoms with Gasteiger partial charge < -0.3 is 5.73 Å². The lowest BCUT2D eigenvalue weighted by molar-refractivity contribution is 1.02. The van der Waals surface area contributed by atoms with Gasteiger partial charge in [0.25, 0.3) is 0 Å². The van der Waals surface area contributed by atoms with Crippen molar-refractivity contribution in [3.8, 4) is 6.07 Å². The van der Waals surface area contributed by atoms with Gasteiger partial charge >= 0.3 is 0 Å². The van der Waals surface area contributed by atoms with Gasteiger partial charge in [-0.1, -0.05) is 12.1 Å². The van der Waals surface area contributed by atoms with Crippen molar-refractivity contribution in [1.29, 1.82) is 5.26 Å². The molecular weight excluding hydrogens is 198 g/mol. The van der Waals surface area contributed by atoms with Gasteiger partial charge in [0.2, 0.25) is 0 Å². The van der Waals surface area contributed by atoms with Crippen molar-refractivity contribution in [2.45, 2.75) is 19.8 Å². The number of rotatable bonds is 2. The molecule has 16 heavy (non-hydrogen) atoms. The Labute approximate surface area is 94.5 Å². The standard InChI is InChI=1S/C13H13N3/c1-9-8-11-10(5-3-7-14)4-2-6-12(11)16-13(9)15/h2,4,6,8H,3,5H2,1H3,(H2,15,16). The van der Waals surface area contributed by atoms with E-state index in [0.29, 0.717) is 12.2 Å². The van der Waals surface area contributed by atoms with Gasteiger partial charge in [0.15, 0.2) is 0 Å². The van der Waals surface area contributed by atoms with Crippen molar-refractivity contribution in [3.63, 3.8) is 0 Å². The maximum Gasteiger partial charge on any atom is 0.127 e. The third-order valence-corrected chi connectivity index (χ3v) is 2.69. The van der Waals surface area contributed by atoms with Gasteiger partial charge in [-0.2, -0.15) is 5.26 Å². The lowest BCUT2D eigenvalue weighted by atomic mass is 10.0. The second-order valence-electron chi connectivity index (χ2n) is 3.83. The van der Waals surface area contributed by atoms with E-state index in [0.717, 1.165) is 28.5 Å². The Hall–Kier alpha value is -2.08. The minimum absolute atomic E-state index is 0.530. The van der Waals surface area contributed by atoms with Crippen LogP contribution in [0, 0.1) is 18.3 Å². The van der Waals surface area contributed by atoms with Crippen molar-refractivity contribution in [1.82, 2.24) is 4.98 Å². The van der Waals surface area contributed by atoms with Crippen molar-refractivity contribution in [2.24, 2.45) is 0 Å². The smallest absolute Gasteiger partial charge is 0.127 e. The number of aromatic nitrogens is 1. The second-order valence-corrected chi connectivity index (χ2v) is 3.83. The highest BCUT2D eigenvalue weighted by molar-refractivity contribution is 5.84. The predicted molar refractivity (Wildman–Crippen MR) is 64.8 cm³/mol. The number of anilines is 1. The average Bonchev–Trinajstić information content (AvgIpc) is 2.28. The number of aryl methyl sites for hydroxylation is 2. The zero-order valence-electron chi connectivity index (χ0n) is 9.20. The maximum absolute atomic E-state index is 8.61. The summed E-state index contributed by atoms with van der Waals surface area (Å²) in [6.45, 7) is 1.95. The lowest BCUT2D eigenvalue weighted by Crippen LogP contribution is -1.96. The number of pyridine rings is 1. The van der Waals surface area contributed by atoms with E-state index >= 15 is 0 Å². The van der Waals surface area contributed by atoms with Crippen LogP contribution in [0.15, 0.2) is 24.3 Å². The molecule has 3 heteroatoms. The molecule has 0 fully saturated rings. The number of nitrogens with two attached hydrogens (primary N) is 1. The molecule has 0 spiro atoms. The van der Waals surface area contributed by atoms with E-state index in [1.165, 1.54) is 0 Å². The Balaban J connectivity index is 2.59. The Morgan fingerprint density at radius 1 is 1.44 bits per heavy atom. The number of hydrogen-bond donors (Lipinski definition) is 1. The van der Waals surface area contributed by atoms with Crippen LogP contribution in [0.3, 0.4) is 0 Å². The topological polar surface area (TPSA) is 62.7 Å². The van der Waals surface area contributed by atoms with Crippen LogP contribution >= 0.6 is 0 Å². The molecule has 2 aromatic rings. The Morgan fingerprint density at radius 3 is 3.00 bits per heavy atom. The molecule has 0 radical (unpaired) electrons. The fourth-order valence-electron chi connectivity index (χ4n) is 1.78. The molecule has 3 nitrogen and oxygen atoms in total. The minimum Gasteiger partial charge on any atom is -0.383 e. The van der Waals surface area contributed by atoms with Gasteiger partial charge in [-0.05, 0) is 36.6 Å². The average molecular weight is 211 g/mol. The van der Waals surface area contributed by atoms with Crippen molar-refractivity contribution in [2.75, 3.05) is 5.73 Å². The van der Waals surface area contributed by atoms with Gasteiger partial charge in [-0.3, -0.25) is 0 Å². The molecule has 0 aliphatic carbocycles. The number of nitrogens with zero attached hydrogens (tertiary/aromatic N) is 2. The predicted octanol–water partition coefficient (Wildman–Crippen LogP) is 2.58. The van der Waals surface area contributed by atoms with E-state index in [-0.39, 0.29) is 0 Å². The minimum atomic E-state index is 0.530. The largest absolute Gasteiger partial charge is 0.383 e. The highest BCUT2D eigenvalue weighted by Gasteiger charge is 2.04. The van der Waals surface area contributed by atoms with Crippen LogP contribution in [0.25, 0.3) is 10.9 Å². The molecule has 2 N–H and O–H groups in total. The van der Waals surface area contributed by atoms with Gasteiger partial charge in [0, 0.05) is 11.8 Å². The van der Waals surface area contributed by atoms with E-state index in [1.807, 2.05) is 31.2 Å². The summed E-state index contributed by atoms with van der Waals surface area (Å²) >= 11 is 0. The van der Waals surface area contributed by atoms with Crippen molar-refractivity contribution < 1.29 is 0 Å². The van der Waals surface area contributed by atoms with Crippen LogP contribution in [0.2, 0.25) is 0 Å². The van der Waals surface area contributed by atoms with Gasteiger partial charge in [0.05, 0.1) is 11.6 Å². The SMILES string of the molecule is Cc1cc2c(CCC#N)cccc2nc1N. The molecule has 0 saturated heterocycles. The molecule has 0 aliphatic rings. The highest BCUT2D eigenvalue weighted by atomic mass is 14.8. The summed E-state index contributed by atoms with van der Waals surface area (Å²) in [6, 6.07) is 10.1. The van der Waals surface area contributed by atoms with Crippen LogP contribution in [0.5, 0.6) is 0 Å². The Bertz CT molecular complexity index is 567. The molecule has 1 aromatic heterocycles. The lowest BCUT2D eigenvalue weighted by Gasteiger charge is -2.07. The summed E-state index contributed by atoms with van der Waals surface area (Å²) in [4.78, 5) is 4.34. The number of fused-ring (bicyclic) bond motifs is 1. The third-order valence-electron chi connectivity index (χ3n) is 2.69.